The highest BCUT2D eigenvalue weighted by atomic mass is 32.1. The highest BCUT2D eigenvalue weighted by Crippen LogP contribution is 2.41. The maximum atomic E-state index is 13.5. The molecule has 2 aliphatic heterocycles. The Kier molecular flexibility index (Phi) is 5.51. The molecule has 2 aliphatic rings. The molecule has 0 saturated carbocycles. The van der Waals surface area contributed by atoms with Crippen molar-refractivity contribution in [3.05, 3.63) is 64.4 Å². The Morgan fingerprint density at radius 1 is 1.11 bits per heavy atom. The summed E-state index contributed by atoms with van der Waals surface area (Å²) in [5.41, 5.74) is 5.07. The van der Waals surface area contributed by atoms with Crippen LogP contribution in [0.4, 0.5) is 20.9 Å². The average molecular weight is 500 g/mol. The third-order valence-corrected chi connectivity index (χ3v) is 7.66. The second-order valence-corrected chi connectivity index (χ2v) is 9.74. The Balaban J connectivity index is 1.51. The molecule has 0 aliphatic carbocycles. The lowest BCUT2D eigenvalue weighted by Crippen LogP contribution is -2.43. The summed E-state index contributed by atoms with van der Waals surface area (Å²) in [5.74, 6) is -0.544. The molecular formula is C26H22FN7OS. The molecule has 0 radical (unpaired) electrons. The van der Waals surface area contributed by atoms with E-state index in [1.165, 1.54) is 23.5 Å². The number of nitrogens with one attached hydrogen (secondary N) is 2. The maximum absolute atomic E-state index is 13.5. The Labute approximate surface area is 211 Å². The van der Waals surface area contributed by atoms with Gasteiger partial charge >= 0.3 is 0 Å². The first-order valence-corrected chi connectivity index (χ1v) is 12.5. The van der Waals surface area contributed by atoms with Gasteiger partial charge in [-0.3, -0.25) is 4.79 Å². The largest absolute Gasteiger partial charge is 0.369 e. The number of nitriles is 1. The lowest BCUT2D eigenvalue weighted by Gasteiger charge is -2.30. The Hall–Kier alpha value is -4.07. The van der Waals surface area contributed by atoms with Crippen LogP contribution in [0.5, 0.6) is 0 Å². The van der Waals surface area contributed by atoms with Gasteiger partial charge in [0.05, 0.1) is 11.2 Å². The molecule has 8 nitrogen and oxygen atoms in total. The number of piperazine rings is 1. The van der Waals surface area contributed by atoms with Crippen LogP contribution in [0.2, 0.25) is 0 Å². The molecule has 1 amide bonds. The summed E-state index contributed by atoms with van der Waals surface area (Å²) in [7, 11) is 1.89. The van der Waals surface area contributed by atoms with Gasteiger partial charge in [0.2, 0.25) is 0 Å². The summed E-state index contributed by atoms with van der Waals surface area (Å²) in [6, 6.07) is 14.3. The van der Waals surface area contributed by atoms with Gasteiger partial charge < -0.3 is 20.4 Å². The van der Waals surface area contributed by atoms with E-state index in [9.17, 15) is 14.4 Å². The van der Waals surface area contributed by atoms with Crippen LogP contribution in [0.3, 0.4) is 0 Å². The number of rotatable bonds is 4. The number of hydrogen-bond donors (Lipinski definition) is 2. The Bertz CT molecular complexity index is 1540. The molecule has 0 spiro atoms. The normalized spacial score (nSPS) is 15.0. The second-order valence-electron chi connectivity index (χ2n) is 8.76. The molecule has 2 aromatic carbocycles. The minimum atomic E-state index is -0.346. The molecule has 0 bridgehead atoms. The van der Waals surface area contributed by atoms with Gasteiger partial charge in [-0.1, -0.05) is 11.3 Å². The van der Waals surface area contributed by atoms with E-state index in [2.05, 4.69) is 32.7 Å². The molecule has 2 aromatic heterocycles. The van der Waals surface area contributed by atoms with Gasteiger partial charge in [-0.25, -0.2) is 14.4 Å². The number of carbonyl (C=O) groups is 1. The Morgan fingerprint density at radius 3 is 2.64 bits per heavy atom. The number of hydrogen-bond acceptors (Lipinski definition) is 8. The molecule has 10 heteroatoms. The van der Waals surface area contributed by atoms with Crippen molar-refractivity contribution in [3.8, 4) is 17.3 Å². The van der Waals surface area contributed by atoms with Crippen LogP contribution in [0.15, 0.2) is 42.5 Å². The van der Waals surface area contributed by atoms with E-state index in [1.807, 2.05) is 24.1 Å². The van der Waals surface area contributed by atoms with Gasteiger partial charge in [-0.15, -0.1) is 0 Å². The van der Waals surface area contributed by atoms with Crippen LogP contribution in [0, 0.1) is 17.1 Å². The monoisotopic (exact) mass is 499 g/mol. The van der Waals surface area contributed by atoms with E-state index in [1.54, 1.807) is 12.1 Å². The van der Waals surface area contributed by atoms with Crippen LogP contribution < -0.4 is 20.4 Å². The fraction of sp³-hybridized carbons (Fsp3) is 0.231. The van der Waals surface area contributed by atoms with Crippen molar-refractivity contribution in [2.24, 2.45) is 0 Å². The lowest BCUT2D eigenvalue weighted by atomic mass is 10.0. The van der Waals surface area contributed by atoms with Crippen LogP contribution in [0.1, 0.15) is 20.9 Å². The number of nitrogens with zero attached hydrogens (tertiary/aromatic N) is 5. The van der Waals surface area contributed by atoms with E-state index < -0.39 is 0 Å². The van der Waals surface area contributed by atoms with Gasteiger partial charge in [0, 0.05) is 62.0 Å². The van der Waals surface area contributed by atoms with Crippen LogP contribution >= 0.6 is 11.3 Å². The van der Waals surface area contributed by atoms with Crippen LogP contribution in [-0.2, 0) is 6.54 Å². The standard InChI is InChI=1S/C26H22FN7OS/c1-33(26-32-22(21(13-28)36-26)15-2-4-16(27)5-3-15)24-18-12-17(34-10-8-29-9-11-34)6-7-20(18)31-23-19(24)14-30-25(23)35/h2-7,12,29H,8-11,14H2,1H3,(H,30,35). The van der Waals surface area contributed by atoms with Crippen molar-refractivity contribution in [2.75, 3.05) is 43.0 Å². The van der Waals surface area contributed by atoms with E-state index >= 15 is 0 Å². The van der Waals surface area contributed by atoms with E-state index in [-0.39, 0.29) is 11.7 Å². The number of amides is 1. The van der Waals surface area contributed by atoms with Gasteiger partial charge in [0.25, 0.3) is 5.91 Å². The quantitative estimate of drug-likeness (QED) is 0.441. The number of halogens is 1. The number of fused-ring (bicyclic) bond motifs is 2. The van der Waals surface area contributed by atoms with Crippen molar-refractivity contribution >= 4 is 44.7 Å². The van der Waals surface area contributed by atoms with Crippen LogP contribution in [-0.4, -0.2) is 49.1 Å². The predicted molar refractivity (Wildman–Crippen MR) is 138 cm³/mol. The first kappa shape index (κ1) is 22.4. The zero-order valence-electron chi connectivity index (χ0n) is 19.5. The second kappa shape index (κ2) is 8.86. The summed E-state index contributed by atoms with van der Waals surface area (Å²) in [5, 5.41) is 17.6. The average Bonchev–Trinajstić information content (AvgIpc) is 3.51. The highest BCUT2D eigenvalue weighted by molar-refractivity contribution is 7.16. The van der Waals surface area contributed by atoms with E-state index in [0.717, 1.165) is 54.0 Å². The first-order valence-electron chi connectivity index (χ1n) is 11.6. The van der Waals surface area contributed by atoms with Crippen molar-refractivity contribution < 1.29 is 9.18 Å². The molecule has 0 atom stereocenters. The van der Waals surface area contributed by atoms with Gasteiger partial charge in [-0.2, -0.15) is 5.26 Å². The van der Waals surface area contributed by atoms with Crippen molar-refractivity contribution in [1.82, 2.24) is 20.6 Å². The third-order valence-electron chi connectivity index (χ3n) is 6.62. The summed E-state index contributed by atoms with van der Waals surface area (Å²) < 4.78 is 13.5. The molecule has 0 unspecified atom stereocenters. The molecule has 4 heterocycles. The molecule has 1 fully saturated rings. The lowest BCUT2D eigenvalue weighted by molar-refractivity contribution is 0.0962. The van der Waals surface area contributed by atoms with Crippen LogP contribution in [0.25, 0.3) is 22.2 Å². The van der Waals surface area contributed by atoms with Crippen molar-refractivity contribution in [2.45, 2.75) is 6.54 Å². The maximum Gasteiger partial charge on any atom is 0.270 e. The van der Waals surface area contributed by atoms with Crippen molar-refractivity contribution in [1.29, 1.82) is 5.26 Å². The van der Waals surface area contributed by atoms with Gasteiger partial charge in [-0.05, 0) is 42.5 Å². The van der Waals surface area contributed by atoms with E-state index in [0.29, 0.717) is 33.5 Å². The van der Waals surface area contributed by atoms with E-state index in [4.69, 9.17) is 4.98 Å². The zero-order chi connectivity index (χ0) is 24.8. The third kappa shape index (κ3) is 3.73. The summed E-state index contributed by atoms with van der Waals surface area (Å²) >= 11 is 1.26. The molecule has 180 valence electrons. The molecule has 2 N–H and O–H groups in total. The fourth-order valence-corrected chi connectivity index (χ4v) is 5.67. The first-order chi connectivity index (χ1) is 17.5. The number of benzene rings is 2. The smallest absolute Gasteiger partial charge is 0.270 e. The topological polar surface area (TPSA) is 97.2 Å². The summed E-state index contributed by atoms with van der Waals surface area (Å²) in [4.78, 5) is 26.7. The number of pyridine rings is 1. The summed E-state index contributed by atoms with van der Waals surface area (Å²) in [6.07, 6.45) is 0. The number of anilines is 3. The minimum Gasteiger partial charge on any atom is -0.369 e. The number of carbonyl (C=O) groups excluding carboxylic acids is 1. The predicted octanol–water partition coefficient (Wildman–Crippen LogP) is 3.79. The molecule has 1 saturated heterocycles. The van der Waals surface area contributed by atoms with Gasteiger partial charge in [0.15, 0.2) is 5.13 Å². The molecule has 6 rings (SSSR count). The summed E-state index contributed by atoms with van der Waals surface area (Å²) in [6.45, 7) is 4.04. The molecule has 36 heavy (non-hydrogen) atoms. The van der Waals surface area contributed by atoms with Gasteiger partial charge in [0.1, 0.15) is 28.2 Å². The minimum absolute atomic E-state index is 0.198. The molecular weight excluding hydrogens is 477 g/mol. The Morgan fingerprint density at radius 2 is 1.89 bits per heavy atom. The fourth-order valence-electron chi connectivity index (χ4n) is 4.81. The SMILES string of the molecule is CN(c1nc(-c2ccc(F)cc2)c(C#N)s1)c1c2c(nc3ccc(N4CCNCC4)cc13)C(=O)NC2. The zero-order valence-corrected chi connectivity index (χ0v) is 20.3. The number of thiazole rings is 1. The molecule has 4 aromatic rings. The van der Waals surface area contributed by atoms with Crippen molar-refractivity contribution in [3.63, 3.8) is 0 Å². The number of aromatic nitrogens is 2. The highest BCUT2D eigenvalue weighted by Gasteiger charge is 2.29.